The van der Waals surface area contributed by atoms with Crippen LogP contribution < -0.4 is 0 Å². The van der Waals surface area contributed by atoms with Crippen molar-refractivity contribution < 1.29 is 14.3 Å². The molecule has 5 nitrogen and oxygen atoms in total. The van der Waals surface area contributed by atoms with E-state index in [1.807, 2.05) is 36.1 Å². The molecule has 24 heavy (non-hydrogen) atoms. The summed E-state index contributed by atoms with van der Waals surface area (Å²) < 4.78 is 5.33. The van der Waals surface area contributed by atoms with Gasteiger partial charge in [-0.1, -0.05) is 29.8 Å². The van der Waals surface area contributed by atoms with E-state index in [0.717, 1.165) is 24.8 Å². The molecule has 1 unspecified atom stereocenters. The molecule has 1 aromatic rings. The molecule has 1 aromatic carbocycles. The average Bonchev–Trinajstić information content (AvgIpc) is 2.63. The number of carbonyl (C=O) groups excluding carboxylic acids is 2. The van der Waals surface area contributed by atoms with E-state index in [-0.39, 0.29) is 17.9 Å². The number of likely N-dealkylation sites (tertiary alicyclic amines) is 1. The summed E-state index contributed by atoms with van der Waals surface area (Å²) in [4.78, 5) is 29.3. The van der Waals surface area contributed by atoms with E-state index < -0.39 is 0 Å². The molecule has 3 rings (SSSR count). The van der Waals surface area contributed by atoms with E-state index in [9.17, 15) is 9.59 Å². The van der Waals surface area contributed by atoms with Gasteiger partial charge in [-0.15, -0.1) is 0 Å². The van der Waals surface area contributed by atoms with Crippen LogP contribution in [-0.2, 0) is 20.7 Å². The summed E-state index contributed by atoms with van der Waals surface area (Å²) >= 11 is 0. The number of aryl methyl sites for hydroxylation is 1. The smallest absolute Gasteiger partial charge is 0.245 e. The van der Waals surface area contributed by atoms with Crippen molar-refractivity contribution in [1.29, 1.82) is 0 Å². The van der Waals surface area contributed by atoms with Gasteiger partial charge in [-0.05, 0) is 31.7 Å². The molecule has 0 radical (unpaired) electrons. The number of rotatable bonds is 3. The number of carbonyl (C=O) groups is 2. The highest BCUT2D eigenvalue weighted by Crippen LogP contribution is 2.21. The maximum atomic E-state index is 12.8. The van der Waals surface area contributed by atoms with Gasteiger partial charge >= 0.3 is 0 Å². The quantitative estimate of drug-likeness (QED) is 0.849. The second-order valence-electron chi connectivity index (χ2n) is 6.70. The Balaban J connectivity index is 1.67. The van der Waals surface area contributed by atoms with Crippen LogP contribution in [0.5, 0.6) is 0 Å². The normalized spacial score (nSPS) is 21.6. The SMILES string of the molecule is Cc1ccc(CC(=O)N2CCCCC2C(=O)N2CCOCC2)cc1. The maximum absolute atomic E-state index is 12.8. The number of hydrogen-bond acceptors (Lipinski definition) is 3. The Labute approximate surface area is 143 Å². The van der Waals surface area contributed by atoms with Gasteiger partial charge in [0.15, 0.2) is 0 Å². The summed E-state index contributed by atoms with van der Waals surface area (Å²) in [6.07, 6.45) is 3.13. The molecule has 0 N–H and O–H groups in total. The van der Waals surface area contributed by atoms with Crippen LogP contribution in [0.2, 0.25) is 0 Å². The van der Waals surface area contributed by atoms with Crippen LogP contribution >= 0.6 is 0 Å². The first-order chi connectivity index (χ1) is 11.6. The van der Waals surface area contributed by atoms with Crippen LogP contribution in [0.15, 0.2) is 24.3 Å². The molecule has 2 heterocycles. The molecule has 1 atom stereocenters. The van der Waals surface area contributed by atoms with Gasteiger partial charge in [-0.2, -0.15) is 0 Å². The van der Waals surface area contributed by atoms with Gasteiger partial charge in [0.05, 0.1) is 19.6 Å². The number of benzene rings is 1. The van der Waals surface area contributed by atoms with Gasteiger partial charge in [-0.25, -0.2) is 0 Å². The lowest BCUT2D eigenvalue weighted by molar-refractivity contribution is -0.149. The lowest BCUT2D eigenvalue weighted by Gasteiger charge is -2.38. The summed E-state index contributed by atoms with van der Waals surface area (Å²) in [5, 5.41) is 0. The molecule has 2 amide bonds. The zero-order valence-corrected chi connectivity index (χ0v) is 14.4. The van der Waals surface area contributed by atoms with E-state index in [1.165, 1.54) is 5.56 Å². The van der Waals surface area contributed by atoms with Crippen molar-refractivity contribution >= 4 is 11.8 Å². The molecule has 0 aromatic heterocycles. The molecular formula is C19H26N2O3. The van der Waals surface area contributed by atoms with Crippen LogP contribution in [0.25, 0.3) is 0 Å². The van der Waals surface area contributed by atoms with Gasteiger partial charge in [0.2, 0.25) is 11.8 Å². The fraction of sp³-hybridized carbons (Fsp3) is 0.579. The van der Waals surface area contributed by atoms with E-state index in [0.29, 0.717) is 39.3 Å². The molecular weight excluding hydrogens is 304 g/mol. The lowest BCUT2D eigenvalue weighted by Crippen LogP contribution is -2.55. The van der Waals surface area contributed by atoms with E-state index in [2.05, 4.69) is 0 Å². The first-order valence-electron chi connectivity index (χ1n) is 8.87. The third-order valence-corrected chi connectivity index (χ3v) is 4.91. The third kappa shape index (κ3) is 3.96. The first kappa shape index (κ1) is 17.0. The lowest BCUT2D eigenvalue weighted by atomic mass is 9.99. The van der Waals surface area contributed by atoms with Crippen LogP contribution in [0.3, 0.4) is 0 Å². The largest absolute Gasteiger partial charge is 0.378 e. The second-order valence-corrected chi connectivity index (χ2v) is 6.70. The highest BCUT2D eigenvalue weighted by Gasteiger charge is 2.35. The molecule has 0 aliphatic carbocycles. The van der Waals surface area contributed by atoms with Crippen molar-refractivity contribution in [3.05, 3.63) is 35.4 Å². The fourth-order valence-corrected chi connectivity index (χ4v) is 3.46. The van der Waals surface area contributed by atoms with E-state index in [1.54, 1.807) is 4.90 Å². The van der Waals surface area contributed by atoms with Crippen molar-refractivity contribution in [2.24, 2.45) is 0 Å². The van der Waals surface area contributed by atoms with Crippen molar-refractivity contribution in [2.75, 3.05) is 32.8 Å². The summed E-state index contributed by atoms with van der Waals surface area (Å²) in [6, 6.07) is 7.74. The Kier molecular flexibility index (Phi) is 5.51. The molecule has 2 saturated heterocycles. The Bertz CT molecular complexity index is 579. The summed E-state index contributed by atoms with van der Waals surface area (Å²) in [6.45, 7) is 5.18. The number of ether oxygens (including phenoxy) is 1. The zero-order chi connectivity index (χ0) is 16.9. The predicted molar refractivity (Wildman–Crippen MR) is 91.6 cm³/mol. The van der Waals surface area contributed by atoms with Crippen molar-refractivity contribution in [2.45, 2.75) is 38.6 Å². The van der Waals surface area contributed by atoms with Crippen LogP contribution in [0.1, 0.15) is 30.4 Å². The fourth-order valence-electron chi connectivity index (χ4n) is 3.46. The number of morpholine rings is 1. The maximum Gasteiger partial charge on any atom is 0.245 e. The topological polar surface area (TPSA) is 49.9 Å². The summed E-state index contributed by atoms with van der Waals surface area (Å²) in [5.74, 6) is 0.153. The monoisotopic (exact) mass is 330 g/mol. The Morgan fingerprint density at radius 3 is 2.50 bits per heavy atom. The van der Waals surface area contributed by atoms with Gasteiger partial charge in [0, 0.05) is 19.6 Å². The molecule has 0 bridgehead atoms. The summed E-state index contributed by atoms with van der Waals surface area (Å²) in [7, 11) is 0. The number of amides is 2. The van der Waals surface area contributed by atoms with E-state index >= 15 is 0 Å². The van der Waals surface area contributed by atoms with E-state index in [4.69, 9.17) is 4.74 Å². The molecule has 5 heteroatoms. The minimum absolute atomic E-state index is 0.0603. The number of hydrogen-bond donors (Lipinski definition) is 0. The van der Waals surface area contributed by atoms with Gasteiger partial charge < -0.3 is 14.5 Å². The molecule has 0 spiro atoms. The number of piperidine rings is 1. The Hall–Kier alpha value is -1.88. The molecule has 2 aliphatic heterocycles. The average molecular weight is 330 g/mol. The minimum atomic E-state index is -0.296. The highest BCUT2D eigenvalue weighted by atomic mass is 16.5. The van der Waals surface area contributed by atoms with Crippen molar-refractivity contribution in [3.8, 4) is 0 Å². The summed E-state index contributed by atoms with van der Waals surface area (Å²) in [5.41, 5.74) is 2.19. The van der Waals surface area contributed by atoms with Gasteiger partial charge in [-0.3, -0.25) is 9.59 Å². The van der Waals surface area contributed by atoms with Crippen LogP contribution in [0, 0.1) is 6.92 Å². The molecule has 0 saturated carbocycles. The third-order valence-electron chi connectivity index (χ3n) is 4.91. The zero-order valence-electron chi connectivity index (χ0n) is 14.4. The van der Waals surface area contributed by atoms with Gasteiger partial charge in [0.1, 0.15) is 6.04 Å². The van der Waals surface area contributed by atoms with Crippen molar-refractivity contribution in [3.63, 3.8) is 0 Å². The minimum Gasteiger partial charge on any atom is -0.378 e. The molecule has 2 fully saturated rings. The predicted octanol–water partition coefficient (Wildman–Crippen LogP) is 1.78. The number of nitrogens with zero attached hydrogens (tertiary/aromatic N) is 2. The highest BCUT2D eigenvalue weighted by molar-refractivity contribution is 5.88. The Morgan fingerprint density at radius 1 is 1.08 bits per heavy atom. The van der Waals surface area contributed by atoms with Crippen LogP contribution in [0.4, 0.5) is 0 Å². The molecule has 130 valence electrons. The Morgan fingerprint density at radius 2 is 1.79 bits per heavy atom. The first-order valence-corrected chi connectivity index (χ1v) is 8.87. The molecule has 2 aliphatic rings. The standard InChI is InChI=1S/C19H26N2O3/c1-15-5-7-16(8-6-15)14-18(22)21-9-3-2-4-17(21)19(23)20-10-12-24-13-11-20/h5-8,17H,2-4,9-14H2,1H3. The van der Waals surface area contributed by atoms with Crippen LogP contribution in [-0.4, -0.2) is 60.5 Å². The van der Waals surface area contributed by atoms with Crippen molar-refractivity contribution in [1.82, 2.24) is 9.80 Å². The second kappa shape index (κ2) is 7.79. The van der Waals surface area contributed by atoms with Gasteiger partial charge in [0.25, 0.3) is 0 Å².